The van der Waals surface area contributed by atoms with Crippen molar-refractivity contribution in [3.05, 3.63) is 11.1 Å². The number of likely N-dealkylation sites (tertiary alicyclic amines) is 1. The van der Waals surface area contributed by atoms with Gasteiger partial charge in [0.2, 0.25) is 0 Å². The first-order valence-electron chi connectivity index (χ1n) is 10.5. The molecule has 28 heavy (non-hydrogen) atoms. The molecule has 2 unspecified atom stereocenters. The first-order valence-corrected chi connectivity index (χ1v) is 11.4. The third kappa shape index (κ3) is 6.45. The highest BCUT2D eigenvalue weighted by molar-refractivity contribution is 14.0. The number of hydrogen-bond donors (Lipinski definition) is 2. The molecule has 0 radical (unpaired) electrons. The second-order valence-corrected chi connectivity index (χ2v) is 8.94. The Morgan fingerprint density at radius 1 is 1.32 bits per heavy atom. The van der Waals surface area contributed by atoms with E-state index >= 15 is 0 Å². The summed E-state index contributed by atoms with van der Waals surface area (Å²) in [5.41, 5.74) is 1.17. The Kier molecular flexibility index (Phi) is 9.76. The zero-order valence-corrected chi connectivity index (χ0v) is 20.9. The van der Waals surface area contributed by atoms with Gasteiger partial charge in [0.05, 0.1) is 5.69 Å². The van der Waals surface area contributed by atoms with Crippen LogP contribution in [-0.2, 0) is 6.42 Å². The van der Waals surface area contributed by atoms with Gasteiger partial charge in [-0.2, -0.15) is 0 Å². The molecule has 1 aromatic rings. The molecule has 2 N–H and O–H groups in total. The van der Waals surface area contributed by atoms with Crippen LogP contribution in [0.5, 0.6) is 0 Å². The predicted octanol–water partition coefficient (Wildman–Crippen LogP) is 3.19. The van der Waals surface area contributed by atoms with E-state index in [0.29, 0.717) is 18.0 Å². The standard InChI is InChI=1S/C20H36N6S.HI/c1-5-21-19(24-18-13-26(15(2)3)12-16(18)4)22-9-8-17-14-27-20(23-17)25-10-6-7-11-25;/h14-16,18H,5-13H2,1-4H3,(H2,21,22,24);1H. The fraction of sp³-hybridized carbons (Fsp3) is 0.800. The normalized spacial score (nSPS) is 23.3. The van der Waals surface area contributed by atoms with Gasteiger partial charge in [-0.25, -0.2) is 4.98 Å². The molecule has 2 saturated heterocycles. The number of aliphatic imine (C=N–C) groups is 1. The monoisotopic (exact) mass is 520 g/mol. The third-order valence-electron chi connectivity index (χ3n) is 5.59. The second-order valence-electron chi connectivity index (χ2n) is 8.10. The van der Waals surface area contributed by atoms with Crippen LogP contribution in [0.15, 0.2) is 10.4 Å². The van der Waals surface area contributed by atoms with Gasteiger partial charge in [-0.15, -0.1) is 35.3 Å². The van der Waals surface area contributed by atoms with Gasteiger partial charge < -0.3 is 15.5 Å². The second kappa shape index (κ2) is 11.5. The fourth-order valence-electron chi connectivity index (χ4n) is 3.86. The van der Waals surface area contributed by atoms with E-state index in [1.54, 1.807) is 11.3 Å². The Labute approximate surface area is 191 Å². The lowest BCUT2D eigenvalue weighted by Crippen LogP contribution is -2.47. The summed E-state index contributed by atoms with van der Waals surface area (Å²) < 4.78 is 0. The number of aromatic nitrogens is 1. The van der Waals surface area contributed by atoms with Crippen LogP contribution < -0.4 is 15.5 Å². The molecule has 2 aliphatic rings. The molecular formula is C20H37IN6S. The molecule has 0 amide bonds. The van der Waals surface area contributed by atoms with Crippen molar-refractivity contribution >= 4 is 46.4 Å². The Bertz CT molecular complexity index is 614. The smallest absolute Gasteiger partial charge is 0.191 e. The molecule has 2 aliphatic heterocycles. The first-order chi connectivity index (χ1) is 13.1. The van der Waals surface area contributed by atoms with Crippen molar-refractivity contribution in [2.24, 2.45) is 10.9 Å². The summed E-state index contributed by atoms with van der Waals surface area (Å²) in [7, 11) is 0. The maximum atomic E-state index is 4.81. The van der Waals surface area contributed by atoms with Gasteiger partial charge >= 0.3 is 0 Å². The minimum Gasteiger partial charge on any atom is -0.357 e. The minimum atomic E-state index is 0. The summed E-state index contributed by atoms with van der Waals surface area (Å²) in [6, 6.07) is 1.07. The predicted molar refractivity (Wildman–Crippen MR) is 131 cm³/mol. The van der Waals surface area contributed by atoms with E-state index in [2.05, 4.69) is 53.5 Å². The number of nitrogens with zero attached hydrogens (tertiary/aromatic N) is 4. The van der Waals surface area contributed by atoms with E-state index in [9.17, 15) is 0 Å². The number of halogens is 1. The summed E-state index contributed by atoms with van der Waals surface area (Å²) in [6.45, 7) is 15.2. The number of thiazole rings is 1. The van der Waals surface area contributed by atoms with Crippen LogP contribution in [0.1, 0.15) is 46.2 Å². The van der Waals surface area contributed by atoms with Crippen LogP contribution in [0, 0.1) is 5.92 Å². The van der Waals surface area contributed by atoms with E-state index in [1.807, 2.05) is 0 Å². The van der Waals surface area contributed by atoms with Gasteiger partial charge in [-0.3, -0.25) is 9.89 Å². The van der Waals surface area contributed by atoms with Gasteiger partial charge in [-0.1, -0.05) is 6.92 Å². The Hall–Kier alpha value is -0.610. The van der Waals surface area contributed by atoms with Crippen LogP contribution >= 0.6 is 35.3 Å². The lowest BCUT2D eigenvalue weighted by atomic mass is 10.1. The highest BCUT2D eigenvalue weighted by Crippen LogP contribution is 2.24. The Balaban J connectivity index is 0.00000280. The summed E-state index contributed by atoms with van der Waals surface area (Å²) in [5.74, 6) is 1.58. The molecule has 6 nitrogen and oxygen atoms in total. The molecule has 0 aliphatic carbocycles. The minimum absolute atomic E-state index is 0. The van der Waals surface area contributed by atoms with Crippen molar-refractivity contribution in [3.8, 4) is 0 Å². The van der Waals surface area contributed by atoms with E-state index in [4.69, 9.17) is 9.98 Å². The molecule has 1 aromatic heterocycles. The van der Waals surface area contributed by atoms with Crippen LogP contribution in [0.2, 0.25) is 0 Å². The molecule has 0 saturated carbocycles. The lowest BCUT2D eigenvalue weighted by molar-refractivity contribution is 0.265. The Morgan fingerprint density at radius 2 is 2.07 bits per heavy atom. The van der Waals surface area contributed by atoms with Crippen LogP contribution in [0.25, 0.3) is 0 Å². The van der Waals surface area contributed by atoms with Crippen LogP contribution in [0.4, 0.5) is 5.13 Å². The van der Waals surface area contributed by atoms with Gasteiger partial charge in [0, 0.05) is 63.2 Å². The summed E-state index contributed by atoms with van der Waals surface area (Å²) >= 11 is 1.77. The highest BCUT2D eigenvalue weighted by Gasteiger charge is 2.31. The molecule has 0 aromatic carbocycles. The van der Waals surface area contributed by atoms with Gasteiger partial charge in [0.15, 0.2) is 11.1 Å². The summed E-state index contributed by atoms with van der Waals surface area (Å²) in [6.07, 6.45) is 3.49. The van der Waals surface area contributed by atoms with Crippen LogP contribution in [-0.4, -0.2) is 67.2 Å². The van der Waals surface area contributed by atoms with Crippen molar-refractivity contribution in [2.75, 3.05) is 44.2 Å². The average molecular weight is 521 g/mol. The molecule has 2 fully saturated rings. The van der Waals surface area contributed by atoms with E-state index in [1.165, 1.54) is 23.7 Å². The fourth-order valence-corrected chi connectivity index (χ4v) is 4.77. The first kappa shape index (κ1) is 23.7. The molecule has 0 bridgehead atoms. The van der Waals surface area contributed by atoms with Gasteiger partial charge in [-0.05, 0) is 39.5 Å². The lowest BCUT2D eigenvalue weighted by Gasteiger charge is -2.21. The molecular weight excluding hydrogens is 483 g/mol. The molecule has 0 spiro atoms. The molecule has 2 atom stereocenters. The zero-order valence-electron chi connectivity index (χ0n) is 17.8. The summed E-state index contributed by atoms with van der Waals surface area (Å²) in [5, 5.41) is 10.4. The number of guanidine groups is 1. The third-order valence-corrected chi connectivity index (χ3v) is 6.54. The topological polar surface area (TPSA) is 55.8 Å². The van der Waals surface area contributed by atoms with Crippen molar-refractivity contribution in [2.45, 2.75) is 59.0 Å². The van der Waals surface area contributed by atoms with E-state index in [0.717, 1.165) is 51.6 Å². The van der Waals surface area contributed by atoms with Crippen molar-refractivity contribution in [1.82, 2.24) is 20.5 Å². The van der Waals surface area contributed by atoms with E-state index < -0.39 is 0 Å². The van der Waals surface area contributed by atoms with Crippen molar-refractivity contribution in [1.29, 1.82) is 0 Å². The summed E-state index contributed by atoms with van der Waals surface area (Å²) in [4.78, 5) is 14.6. The number of rotatable bonds is 7. The Morgan fingerprint density at radius 3 is 2.71 bits per heavy atom. The van der Waals surface area contributed by atoms with Gasteiger partial charge in [0.1, 0.15) is 0 Å². The molecule has 3 rings (SSSR count). The van der Waals surface area contributed by atoms with E-state index in [-0.39, 0.29) is 24.0 Å². The largest absolute Gasteiger partial charge is 0.357 e. The highest BCUT2D eigenvalue weighted by atomic mass is 127. The molecule has 160 valence electrons. The maximum absolute atomic E-state index is 4.81. The number of hydrogen-bond acceptors (Lipinski definition) is 5. The number of nitrogens with one attached hydrogen (secondary N) is 2. The average Bonchev–Trinajstić information content (AvgIpc) is 3.36. The SMILES string of the molecule is CCNC(=NCCc1csc(N2CCCC2)n1)NC1CN(C(C)C)CC1C.I. The molecule has 3 heterocycles. The quantitative estimate of drug-likeness (QED) is 0.329. The van der Waals surface area contributed by atoms with Crippen LogP contribution in [0.3, 0.4) is 0 Å². The zero-order chi connectivity index (χ0) is 19.2. The van der Waals surface area contributed by atoms with Crippen molar-refractivity contribution in [3.63, 3.8) is 0 Å². The maximum Gasteiger partial charge on any atom is 0.191 e. The van der Waals surface area contributed by atoms with Gasteiger partial charge in [0.25, 0.3) is 0 Å². The number of anilines is 1. The molecule has 8 heteroatoms. The van der Waals surface area contributed by atoms with Crippen molar-refractivity contribution < 1.29 is 0 Å².